The van der Waals surface area contributed by atoms with Crippen LogP contribution in [0.25, 0.3) is 16.8 Å². The highest BCUT2D eigenvalue weighted by atomic mass is 16.5. The Morgan fingerprint density at radius 3 is 2.57 bits per heavy atom. The van der Waals surface area contributed by atoms with Crippen LogP contribution >= 0.6 is 0 Å². The van der Waals surface area contributed by atoms with Gasteiger partial charge in [0, 0.05) is 30.7 Å². The summed E-state index contributed by atoms with van der Waals surface area (Å²) in [4.78, 5) is 22.5. The second kappa shape index (κ2) is 11.0. The van der Waals surface area contributed by atoms with Crippen LogP contribution in [0, 0.1) is 6.92 Å². The van der Waals surface area contributed by atoms with Gasteiger partial charge in [-0.25, -0.2) is 4.98 Å². The number of nitrogens with zero attached hydrogens (tertiary/aromatic N) is 3. The molecule has 0 saturated carbocycles. The molecule has 0 amide bonds. The standard InChI is InChI=1S/C28H30N4O3/c1-4-5-10-26-25(28(33)32(19(2)30-26)22-15-16-35-18-22)17-20-11-13-21(14-12-20)23-8-6-7-9-24(23)27(29-3)31-34/h6-9,11-16,18,34H,4-5,10,17H2,1-3H3,(H,29,31). The minimum Gasteiger partial charge on any atom is -0.470 e. The fourth-order valence-electron chi connectivity index (χ4n) is 4.31. The number of benzene rings is 2. The lowest BCUT2D eigenvalue weighted by Gasteiger charge is -2.15. The average Bonchev–Trinajstić information content (AvgIpc) is 3.40. The average molecular weight is 471 g/mol. The summed E-state index contributed by atoms with van der Waals surface area (Å²) in [6, 6.07) is 17.7. The molecule has 0 aliphatic heterocycles. The maximum atomic E-state index is 13.6. The summed E-state index contributed by atoms with van der Waals surface area (Å²) in [6.45, 7) is 3.99. The Bertz CT molecular complexity index is 1370. The number of hydrogen-bond donors (Lipinski definition) is 2. The first-order valence-electron chi connectivity index (χ1n) is 11.8. The first kappa shape index (κ1) is 24.2. The van der Waals surface area contributed by atoms with Gasteiger partial charge in [0.1, 0.15) is 12.1 Å². The Hall–Kier alpha value is -3.97. The number of aromatic nitrogens is 2. The van der Waals surface area contributed by atoms with Gasteiger partial charge in [-0.05, 0) is 36.5 Å². The van der Waals surface area contributed by atoms with E-state index in [1.54, 1.807) is 30.2 Å². The summed E-state index contributed by atoms with van der Waals surface area (Å²) in [5, 5.41) is 9.46. The molecule has 0 atom stereocenters. The lowest BCUT2D eigenvalue weighted by atomic mass is 9.96. The fraction of sp³-hybridized carbons (Fsp3) is 0.250. The molecule has 0 spiro atoms. The Kier molecular flexibility index (Phi) is 7.57. The van der Waals surface area contributed by atoms with Gasteiger partial charge in [0.05, 0.1) is 17.6 Å². The van der Waals surface area contributed by atoms with E-state index in [4.69, 9.17) is 9.40 Å². The zero-order valence-corrected chi connectivity index (χ0v) is 20.3. The summed E-state index contributed by atoms with van der Waals surface area (Å²) in [5.41, 5.74) is 8.13. The second-order valence-corrected chi connectivity index (χ2v) is 8.41. The number of hydrogen-bond acceptors (Lipinski definition) is 5. The van der Waals surface area contributed by atoms with Crippen molar-refractivity contribution in [2.24, 2.45) is 4.99 Å². The summed E-state index contributed by atoms with van der Waals surface area (Å²) >= 11 is 0. The van der Waals surface area contributed by atoms with Gasteiger partial charge >= 0.3 is 0 Å². The molecule has 0 unspecified atom stereocenters. The largest absolute Gasteiger partial charge is 0.470 e. The molecular formula is C28H30N4O3. The van der Waals surface area contributed by atoms with E-state index in [0.29, 0.717) is 29.3 Å². The van der Waals surface area contributed by atoms with Gasteiger partial charge in [-0.2, -0.15) is 0 Å². The Morgan fingerprint density at radius 2 is 1.91 bits per heavy atom. The number of aliphatic imine (C=N–C) groups is 1. The van der Waals surface area contributed by atoms with E-state index >= 15 is 0 Å². The number of aryl methyl sites for hydroxylation is 2. The van der Waals surface area contributed by atoms with Crippen LogP contribution < -0.4 is 11.0 Å². The number of hydroxylamine groups is 1. The first-order chi connectivity index (χ1) is 17.1. The molecule has 2 N–H and O–H groups in total. The molecule has 0 aliphatic rings. The van der Waals surface area contributed by atoms with Gasteiger partial charge in [0.2, 0.25) is 0 Å². The molecule has 7 heteroatoms. The van der Waals surface area contributed by atoms with E-state index in [0.717, 1.165) is 47.2 Å². The third-order valence-corrected chi connectivity index (χ3v) is 6.12. The van der Waals surface area contributed by atoms with Gasteiger partial charge in [-0.3, -0.25) is 25.0 Å². The summed E-state index contributed by atoms with van der Waals surface area (Å²) in [5.74, 6) is 1.06. The van der Waals surface area contributed by atoms with Gasteiger partial charge < -0.3 is 4.42 Å². The van der Waals surface area contributed by atoms with Gasteiger partial charge in [-0.15, -0.1) is 0 Å². The van der Waals surface area contributed by atoms with Crippen molar-refractivity contribution in [1.82, 2.24) is 15.0 Å². The molecule has 180 valence electrons. The molecule has 0 radical (unpaired) electrons. The van der Waals surface area contributed by atoms with Crippen molar-refractivity contribution in [2.45, 2.75) is 39.5 Å². The highest BCUT2D eigenvalue weighted by molar-refractivity contribution is 6.03. The summed E-state index contributed by atoms with van der Waals surface area (Å²) in [6.07, 6.45) is 6.39. The molecule has 7 nitrogen and oxygen atoms in total. The lowest BCUT2D eigenvalue weighted by molar-refractivity contribution is 0.235. The molecule has 0 bridgehead atoms. The van der Waals surface area contributed by atoms with Crippen molar-refractivity contribution in [3.63, 3.8) is 0 Å². The molecular weight excluding hydrogens is 440 g/mol. The molecule has 2 heterocycles. The van der Waals surface area contributed by atoms with Crippen molar-refractivity contribution in [1.29, 1.82) is 0 Å². The van der Waals surface area contributed by atoms with E-state index in [2.05, 4.69) is 17.4 Å². The lowest BCUT2D eigenvalue weighted by Crippen LogP contribution is -2.28. The maximum Gasteiger partial charge on any atom is 0.261 e. The van der Waals surface area contributed by atoms with Crippen molar-refractivity contribution >= 4 is 5.84 Å². The summed E-state index contributed by atoms with van der Waals surface area (Å²) in [7, 11) is 1.63. The van der Waals surface area contributed by atoms with Crippen LogP contribution in [-0.2, 0) is 12.8 Å². The van der Waals surface area contributed by atoms with Gasteiger partial charge in [0.25, 0.3) is 5.56 Å². The second-order valence-electron chi connectivity index (χ2n) is 8.41. The Morgan fingerprint density at radius 1 is 1.14 bits per heavy atom. The number of unbranched alkanes of at least 4 members (excludes halogenated alkanes) is 1. The molecule has 0 fully saturated rings. The molecule has 2 aromatic heterocycles. The molecule has 0 aliphatic carbocycles. The van der Waals surface area contributed by atoms with E-state index in [-0.39, 0.29) is 5.56 Å². The van der Waals surface area contributed by atoms with Gasteiger partial charge in [-0.1, -0.05) is 61.9 Å². The third kappa shape index (κ3) is 5.10. The predicted molar refractivity (Wildman–Crippen MR) is 138 cm³/mol. The number of nitrogens with one attached hydrogen (secondary N) is 1. The van der Waals surface area contributed by atoms with Crippen LogP contribution in [0.2, 0.25) is 0 Å². The highest BCUT2D eigenvalue weighted by Crippen LogP contribution is 2.25. The SMILES string of the molecule is CCCCc1nc(C)n(-c2ccoc2)c(=O)c1Cc1ccc(-c2ccccc2C(=NC)NO)cc1. The molecule has 4 rings (SSSR count). The van der Waals surface area contributed by atoms with Crippen molar-refractivity contribution < 1.29 is 9.62 Å². The zero-order valence-electron chi connectivity index (χ0n) is 20.3. The minimum atomic E-state index is -0.0581. The van der Waals surface area contributed by atoms with Crippen molar-refractivity contribution in [3.8, 4) is 16.8 Å². The van der Waals surface area contributed by atoms with E-state index in [1.807, 2.05) is 55.5 Å². The van der Waals surface area contributed by atoms with Crippen LogP contribution in [0.15, 0.2) is 81.3 Å². The molecule has 35 heavy (non-hydrogen) atoms. The molecule has 2 aromatic carbocycles. The number of rotatable bonds is 8. The predicted octanol–water partition coefficient (Wildman–Crippen LogP) is 5.09. The minimum absolute atomic E-state index is 0.0581. The van der Waals surface area contributed by atoms with Crippen LogP contribution in [0.4, 0.5) is 0 Å². The van der Waals surface area contributed by atoms with Crippen molar-refractivity contribution in [2.75, 3.05) is 7.05 Å². The van der Waals surface area contributed by atoms with Crippen molar-refractivity contribution in [3.05, 3.63) is 106 Å². The smallest absolute Gasteiger partial charge is 0.261 e. The normalized spacial score (nSPS) is 11.6. The first-order valence-corrected chi connectivity index (χ1v) is 11.8. The topological polar surface area (TPSA) is 92.7 Å². The van der Waals surface area contributed by atoms with E-state index < -0.39 is 0 Å². The summed E-state index contributed by atoms with van der Waals surface area (Å²) < 4.78 is 6.83. The monoisotopic (exact) mass is 470 g/mol. The molecule has 0 saturated heterocycles. The Labute approximate surface area is 204 Å². The van der Waals surface area contributed by atoms with Crippen LogP contribution in [0.1, 0.15) is 48.0 Å². The zero-order chi connectivity index (χ0) is 24.8. The maximum absolute atomic E-state index is 13.6. The van der Waals surface area contributed by atoms with Crippen LogP contribution in [0.5, 0.6) is 0 Å². The number of amidine groups is 1. The highest BCUT2D eigenvalue weighted by Gasteiger charge is 2.17. The van der Waals surface area contributed by atoms with Crippen LogP contribution in [0.3, 0.4) is 0 Å². The Balaban J connectivity index is 1.71. The molecule has 4 aromatic rings. The van der Waals surface area contributed by atoms with E-state index in [9.17, 15) is 10.0 Å². The quantitative estimate of drug-likeness (QED) is 0.213. The third-order valence-electron chi connectivity index (χ3n) is 6.12. The van der Waals surface area contributed by atoms with Gasteiger partial charge in [0.15, 0.2) is 5.84 Å². The fourth-order valence-corrected chi connectivity index (χ4v) is 4.31. The van der Waals surface area contributed by atoms with Crippen LogP contribution in [-0.4, -0.2) is 27.6 Å². The number of furan rings is 1. The van der Waals surface area contributed by atoms with E-state index in [1.165, 1.54) is 0 Å².